The van der Waals surface area contributed by atoms with E-state index in [9.17, 15) is 4.79 Å². The van der Waals surface area contributed by atoms with Crippen LogP contribution in [-0.2, 0) is 17.9 Å². The highest BCUT2D eigenvalue weighted by Gasteiger charge is 2.29. The molecule has 0 spiro atoms. The molecule has 98 valence electrons. The maximum absolute atomic E-state index is 12.0. The van der Waals surface area contributed by atoms with Gasteiger partial charge in [-0.25, -0.2) is 0 Å². The third-order valence-corrected chi connectivity index (χ3v) is 3.79. The highest BCUT2D eigenvalue weighted by atomic mass is 16.2. The summed E-state index contributed by atoms with van der Waals surface area (Å²) >= 11 is 0. The molecule has 2 fully saturated rings. The van der Waals surface area contributed by atoms with Gasteiger partial charge in [-0.1, -0.05) is 0 Å². The Labute approximate surface area is 108 Å². The molecule has 4 heteroatoms. The molecule has 1 aromatic heterocycles. The lowest BCUT2D eigenvalue weighted by molar-refractivity contribution is -0.131. The topological polar surface area (TPSA) is 37.3 Å². The summed E-state index contributed by atoms with van der Waals surface area (Å²) in [5.41, 5.74) is 1.27. The summed E-state index contributed by atoms with van der Waals surface area (Å²) in [6.45, 7) is 1.39. The van der Waals surface area contributed by atoms with Crippen LogP contribution in [0.2, 0.25) is 0 Å². The molecule has 1 heterocycles. The van der Waals surface area contributed by atoms with Crippen molar-refractivity contribution in [1.29, 1.82) is 0 Å². The minimum Gasteiger partial charge on any atom is -0.345 e. The van der Waals surface area contributed by atoms with Gasteiger partial charge in [-0.3, -0.25) is 4.79 Å². The van der Waals surface area contributed by atoms with Gasteiger partial charge in [-0.05, 0) is 37.3 Å². The first-order chi connectivity index (χ1) is 8.72. The van der Waals surface area contributed by atoms with E-state index in [1.165, 1.54) is 31.2 Å². The van der Waals surface area contributed by atoms with E-state index in [0.29, 0.717) is 12.6 Å². The molecule has 1 N–H and O–H groups in total. The van der Waals surface area contributed by atoms with Crippen molar-refractivity contribution < 1.29 is 4.79 Å². The smallest absolute Gasteiger partial charge is 0.242 e. The summed E-state index contributed by atoms with van der Waals surface area (Å²) in [6.07, 6.45) is 9.04. The molecule has 18 heavy (non-hydrogen) atoms. The molecule has 2 aliphatic carbocycles. The fourth-order valence-electron chi connectivity index (χ4n) is 2.18. The monoisotopic (exact) mass is 247 g/mol. The highest BCUT2D eigenvalue weighted by molar-refractivity contribution is 5.76. The zero-order valence-corrected chi connectivity index (χ0v) is 10.9. The van der Waals surface area contributed by atoms with Crippen LogP contribution in [0.5, 0.6) is 0 Å². The number of carbonyl (C=O) groups is 1. The van der Waals surface area contributed by atoms with Gasteiger partial charge in [-0.2, -0.15) is 0 Å². The Morgan fingerprint density at radius 3 is 2.89 bits per heavy atom. The summed E-state index contributed by atoms with van der Waals surface area (Å²) in [5.74, 6) is 0.217. The van der Waals surface area contributed by atoms with E-state index in [2.05, 4.69) is 17.6 Å². The van der Waals surface area contributed by atoms with Gasteiger partial charge in [0.15, 0.2) is 0 Å². The predicted molar refractivity (Wildman–Crippen MR) is 70.1 cm³/mol. The maximum atomic E-state index is 12.0. The Morgan fingerprint density at radius 2 is 2.22 bits per heavy atom. The van der Waals surface area contributed by atoms with Crippen LogP contribution in [0, 0.1) is 0 Å². The van der Waals surface area contributed by atoms with E-state index in [-0.39, 0.29) is 5.91 Å². The molecule has 3 rings (SSSR count). The third-order valence-electron chi connectivity index (χ3n) is 3.79. The summed E-state index contributed by atoms with van der Waals surface area (Å²) in [7, 11) is 1.92. The lowest BCUT2D eigenvalue weighted by Gasteiger charge is -2.16. The van der Waals surface area contributed by atoms with Crippen LogP contribution in [0.4, 0.5) is 0 Å². The van der Waals surface area contributed by atoms with Crippen molar-refractivity contribution in [3.63, 3.8) is 0 Å². The van der Waals surface area contributed by atoms with Crippen LogP contribution in [0.25, 0.3) is 0 Å². The van der Waals surface area contributed by atoms with Gasteiger partial charge in [-0.15, -0.1) is 0 Å². The number of nitrogens with one attached hydrogen (secondary N) is 1. The molecule has 1 amide bonds. The fraction of sp³-hybridized carbons (Fsp3) is 0.643. The number of amides is 1. The van der Waals surface area contributed by atoms with Crippen LogP contribution >= 0.6 is 0 Å². The normalized spacial score (nSPS) is 18.9. The maximum Gasteiger partial charge on any atom is 0.242 e. The molecule has 1 aromatic rings. The molecule has 2 aliphatic rings. The highest BCUT2D eigenvalue weighted by Crippen LogP contribution is 2.25. The van der Waals surface area contributed by atoms with Crippen LogP contribution in [0.15, 0.2) is 18.5 Å². The summed E-state index contributed by atoms with van der Waals surface area (Å²) in [4.78, 5) is 13.9. The molecule has 0 aromatic carbocycles. The predicted octanol–water partition coefficient (Wildman–Crippen LogP) is 1.36. The van der Waals surface area contributed by atoms with Crippen molar-refractivity contribution in [3.05, 3.63) is 24.0 Å². The van der Waals surface area contributed by atoms with Crippen molar-refractivity contribution in [2.75, 3.05) is 7.05 Å². The number of likely N-dealkylation sites (N-methyl/N-ethyl adjacent to an activating group) is 1. The molecular formula is C14H21N3O. The molecule has 0 atom stereocenters. The van der Waals surface area contributed by atoms with Crippen molar-refractivity contribution in [3.8, 4) is 0 Å². The molecular weight excluding hydrogens is 226 g/mol. The van der Waals surface area contributed by atoms with E-state index in [4.69, 9.17) is 0 Å². The quantitative estimate of drug-likeness (QED) is 0.824. The summed E-state index contributed by atoms with van der Waals surface area (Å²) < 4.78 is 1.99. The van der Waals surface area contributed by atoms with E-state index in [1.54, 1.807) is 0 Å². The zero-order chi connectivity index (χ0) is 12.5. The first kappa shape index (κ1) is 11.8. The Morgan fingerprint density at radius 1 is 1.44 bits per heavy atom. The SMILES string of the molecule is CN(C(=O)Cn1ccc(CNC2CC2)c1)C1CC1. The molecule has 2 saturated carbocycles. The Balaban J connectivity index is 1.50. The second-order valence-electron chi connectivity index (χ2n) is 5.58. The molecule has 0 saturated heterocycles. The summed E-state index contributed by atoms with van der Waals surface area (Å²) in [5, 5.41) is 3.48. The standard InChI is InChI=1S/C14H21N3O/c1-16(13-4-5-13)14(18)10-17-7-6-11(9-17)8-15-12-2-3-12/h6-7,9,12-13,15H,2-5,8,10H2,1H3. The molecule has 0 bridgehead atoms. The van der Waals surface area contributed by atoms with E-state index in [1.807, 2.05) is 22.7 Å². The lowest BCUT2D eigenvalue weighted by atomic mass is 10.3. The Bertz CT molecular complexity index is 432. The Kier molecular flexibility index (Phi) is 3.12. The molecule has 0 radical (unpaired) electrons. The minimum absolute atomic E-state index is 0.217. The van der Waals surface area contributed by atoms with Crippen LogP contribution in [-0.4, -0.2) is 34.5 Å². The van der Waals surface area contributed by atoms with Gasteiger partial charge in [0, 0.05) is 38.1 Å². The molecule has 0 unspecified atom stereocenters. The van der Waals surface area contributed by atoms with Crippen LogP contribution in [0.3, 0.4) is 0 Å². The third kappa shape index (κ3) is 2.93. The summed E-state index contributed by atoms with van der Waals surface area (Å²) in [6, 6.07) is 3.33. The van der Waals surface area contributed by atoms with Gasteiger partial charge in [0.05, 0.1) is 0 Å². The van der Waals surface area contributed by atoms with Gasteiger partial charge in [0.1, 0.15) is 6.54 Å². The number of hydrogen-bond donors (Lipinski definition) is 1. The Hall–Kier alpha value is -1.29. The van der Waals surface area contributed by atoms with Gasteiger partial charge < -0.3 is 14.8 Å². The van der Waals surface area contributed by atoms with Crippen molar-refractivity contribution in [1.82, 2.24) is 14.8 Å². The van der Waals surface area contributed by atoms with E-state index >= 15 is 0 Å². The van der Waals surface area contributed by atoms with E-state index in [0.717, 1.165) is 12.6 Å². The number of nitrogens with zero attached hydrogens (tertiary/aromatic N) is 2. The average molecular weight is 247 g/mol. The minimum atomic E-state index is 0.217. The van der Waals surface area contributed by atoms with Gasteiger partial charge in [0.25, 0.3) is 0 Å². The van der Waals surface area contributed by atoms with Crippen molar-refractivity contribution in [2.45, 2.75) is 50.9 Å². The van der Waals surface area contributed by atoms with E-state index < -0.39 is 0 Å². The first-order valence-electron chi connectivity index (χ1n) is 6.86. The lowest BCUT2D eigenvalue weighted by Crippen LogP contribution is -2.31. The largest absolute Gasteiger partial charge is 0.345 e. The number of rotatable bonds is 6. The van der Waals surface area contributed by atoms with Gasteiger partial charge >= 0.3 is 0 Å². The number of hydrogen-bond acceptors (Lipinski definition) is 2. The zero-order valence-electron chi connectivity index (χ0n) is 10.9. The number of aromatic nitrogens is 1. The second-order valence-corrected chi connectivity index (χ2v) is 5.58. The van der Waals surface area contributed by atoms with Crippen LogP contribution < -0.4 is 5.32 Å². The average Bonchev–Trinajstić information content (AvgIpc) is 3.26. The van der Waals surface area contributed by atoms with Crippen LogP contribution in [0.1, 0.15) is 31.2 Å². The molecule has 0 aliphatic heterocycles. The van der Waals surface area contributed by atoms with Crippen molar-refractivity contribution in [2.24, 2.45) is 0 Å². The number of carbonyl (C=O) groups excluding carboxylic acids is 1. The fourth-order valence-corrected chi connectivity index (χ4v) is 2.18. The second kappa shape index (κ2) is 4.76. The van der Waals surface area contributed by atoms with Crippen molar-refractivity contribution >= 4 is 5.91 Å². The van der Waals surface area contributed by atoms with Gasteiger partial charge in [0.2, 0.25) is 5.91 Å². The first-order valence-corrected chi connectivity index (χ1v) is 6.86. The molecule has 4 nitrogen and oxygen atoms in total.